The van der Waals surface area contributed by atoms with Crippen LogP contribution in [0.3, 0.4) is 0 Å². The highest BCUT2D eigenvalue weighted by Crippen LogP contribution is 2.31. The molecule has 0 aromatic carbocycles. The van der Waals surface area contributed by atoms with Gasteiger partial charge in [0.2, 0.25) is 0 Å². The van der Waals surface area contributed by atoms with E-state index in [9.17, 15) is 4.79 Å². The molecule has 3 rings (SSSR count). The van der Waals surface area contributed by atoms with Crippen LogP contribution in [-0.4, -0.2) is 33.5 Å². The number of urea groups is 1. The number of nitrogens with zero attached hydrogens (tertiary/aromatic N) is 4. The van der Waals surface area contributed by atoms with Crippen LogP contribution in [0.2, 0.25) is 0 Å². The number of nitrogens with two attached hydrogens (primary N) is 1. The van der Waals surface area contributed by atoms with Crippen molar-refractivity contribution in [1.29, 1.82) is 0 Å². The molecule has 8 heteroatoms. The van der Waals surface area contributed by atoms with Crippen LogP contribution in [0.25, 0.3) is 5.82 Å². The number of hydrogen-bond donors (Lipinski definition) is 2. The van der Waals surface area contributed by atoms with Crippen molar-refractivity contribution in [3.63, 3.8) is 0 Å². The van der Waals surface area contributed by atoms with Crippen molar-refractivity contribution >= 4 is 18.1 Å². The van der Waals surface area contributed by atoms with E-state index in [1.54, 1.807) is 47.6 Å². The molecule has 8 nitrogen and oxygen atoms in total. The van der Waals surface area contributed by atoms with E-state index in [1.165, 1.54) is 11.2 Å². The summed E-state index contributed by atoms with van der Waals surface area (Å²) in [6.45, 7) is 2.38. The standard InChI is InChI=1S/C15H18N6O2/c1-2-9-20(14(16)22)15(12-5-3-11-23-12)17-8-6-13(19-15)21-10-4-7-18-21/h3-8,10-11,19H,2,9H2,1H3,(H2,16,22). The Balaban J connectivity index is 2.06. The Kier molecular flexibility index (Phi) is 3.88. The van der Waals surface area contributed by atoms with Crippen molar-refractivity contribution in [1.82, 2.24) is 20.0 Å². The van der Waals surface area contributed by atoms with Crippen LogP contribution in [0, 0.1) is 0 Å². The molecule has 0 aliphatic carbocycles. The summed E-state index contributed by atoms with van der Waals surface area (Å²) in [6, 6.07) is 4.71. The number of allylic oxidation sites excluding steroid dienone is 1. The summed E-state index contributed by atoms with van der Waals surface area (Å²) in [5.41, 5.74) is 5.60. The van der Waals surface area contributed by atoms with Crippen LogP contribution in [0.5, 0.6) is 0 Å². The zero-order valence-electron chi connectivity index (χ0n) is 12.7. The minimum Gasteiger partial charge on any atom is -0.463 e. The summed E-state index contributed by atoms with van der Waals surface area (Å²) >= 11 is 0. The SMILES string of the molecule is CCCN(C(N)=O)C1(c2ccco2)N=CC=C(n2cccn2)N1. The van der Waals surface area contributed by atoms with Crippen LogP contribution in [0.4, 0.5) is 4.79 Å². The van der Waals surface area contributed by atoms with Crippen LogP contribution in [0.15, 0.2) is 52.3 Å². The topological polar surface area (TPSA) is 102 Å². The van der Waals surface area contributed by atoms with Gasteiger partial charge in [0, 0.05) is 25.2 Å². The molecule has 1 aliphatic rings. The molecular formula is C15H18N6O2. The summed E-state index contributed by atoms with van der Waals surface area (Å²) in [4.78, 5) is 18.0. The van der Waals surface area contributed by atoms with E-state index in [2.05, 4.69) is 15.4 Å². The van der Waals surface area contributed by atoms with Gasteiger partial charge < -0.3 is 15.5 Å². The molecule has 1 aliphatic heterocycles. The number of amides is 2. The number of hydrogen-bond acceptors (Lipinski definition) is 5. The Hall–Kier alpha value is -3.03. The maximum atomic E-state index is 12.0. The maximum Gasteiger partial charge on any atom is 0.318 e. The van der Waals surface area contributed by atoms with Gasteiger partial charge in [-0.2, -0.15) is 5.10 Å². The monoisotopic (exact) mass is 314 g/mol. The normalized spacial score (nSPS) is 20.0. The molecule has 0 saturated carbocycles. The molecule has 120 valence electrons. The summed E-state index contributed by atoms with van der Waals surface area (Å²) in [5, 5.41) is 7.43. The van der Waals surface area contributed by atoms with Crippen molar-refractivity contribution in [2.24, 2.45) is 10.7 Å². The largest absolute Gasteiger partial charge is 0.463 e. The van der Waals surface area contributed by atoms with Crippen LogP contribution in [-0.2, 0) is 5.79 Å². The third-order valence-corrected chi connectivity index (χ3v) is 3.52. The van der Waals surface area contributed by atoms with Gasteiger partial charge in [-0.15, -0.1) is 0 Å². The van der Waals surface area contributed by atoms with Crippen molar-refractivity contribution in [3.8, 4) is 0 Å². The highest BCUT2D eigenvalue weighted by atomic mass is 16.3. The van der Waals surface area contributed by atoms with E-state index in [0.717, 1.165) is 6.42 Å². The Labute approximate surface area is 133 Å². The molecule has 0 radical (unpaired) electrons. The van der Waals surface area contributed by atoms with Gasteiger partial charge in [-0.25, -0.2) is 14.5 Å². The van der Waals surface area contributed by atoms with E-state index in [-0.39, 0.29) is 0 Å². The number of nitrogens with one attached hydrogen (secondary N) is 1. The van der Waals surface area contributed by atoms with E-state index in [4.69, 9.17) is 10.2 Å². The fraction of sp³-hybridized carbons (Fsp3) is 0.267. The number of rotatable bonds is 5. The van der Waals surface area contributed by atoms with E-state index >= 15 is 0 Å². The highest BCUT2D eigenvalue weighted by molar-refractivity contribution is 5.82. The lowest BCUT2D eigenvalue weighted by molar-refractivity contribution is 0.0853. The average Bonchev–Trinajstić information content (AvgIpc) is 3.25. The zero-order valence-corrected chi connectivity index (χ0v) is 12.7. The summed E-state index contributed by atoms with van der Waals surface area (Å²) in [6.07, 6.45) is 9.09. The van der Waals surface area contributed by atoms with Gasteiger partial charge in [0.25, 0.3) is 5.79 Å². The molecule has 2 aromatic heterocycles. The minimum atomic E-state index is -1.23. The summed E-state index contributed by atoms with van der Waals surface area (Å²) in [7, 11) is 0. The van der Waals surface area contributed by atoms with Crippen LogP contribution < -0.4 is 11.1 Å². The second-order valence-electron chi connectivity index (χ2n) is 5.05. The van der Waals surface area contributed by atoms with Gasteiger partial charge in [0.15, 0.2) is 5.76 Å². The lowest BCUT2D eigenvalue weighted by Gasteiger charge is -2.40. The predicted octanol–water partition coefficient (Wildman–Crippen LogP) is 1.55. The molecule has 2 aromatic rings. The van der Waals surface area contributed by atoms with Crippen molar-refractivity contribution in [2.75, 3.05) is 6.54 Å². The van der Waals surface area contributed by atoms with Crippen molar-refractivity contribution < 1.29 is 9.21 Å². The summed E-state index contributed by atoms with van der Waals surface area (Å²) in [5.74, 6) is -0.107. The van der Waals surface area contributed by atoms with Crippen LogP contribution >= 0.6 is 0 Å². The number of carbonyl (C=O) groups excluding carboxylic acids is 1. The molecular weight excluding hydrogens is 296 g/mol. The number of aromatic nitrogens is 2. The Morgan fingerprint density at radius 3 is 3.00 bits per heavy atom. The molecule has 0 saturated heterocycles. The molecule has 3 heterocycles. The third-order valence-electron chi connectivity index (χ3n) is 3.52. The predicted molar refractivity (Wildman–Crippen MR) is 85.1 cm³/mol. The Bertz CT molecular complexity index is 719. The van der Waals surface area contributed by atoms with Gasteiger partial charge >= 0.3 is 6.03 Å². The smallest absolute Gasteiger partial charge is 0.318 e. The van der Waals surface area contributed by atoms with Gasteiger partial charge in [-0.05, 0) is 30.7 Å². The Morgan fingerprint density at radius 1 is 1.52 bits per heavy atom. The Morgan fingerprint density at radius 2 is 2.39 bits per heavy atom. The first-order valence-corrected chi connectivity index (χ1v) is 7.32. The number of aliphatic imine (C=N–C) groups is 1. The van der Waals surface area contributed by atoms with E-state index in [0.29, 0.717) is 18.1 Å². The van der Waals surface area contributed by atoms with E-state index < -0.39 is 11.8 Å². The first-order valence-electron chi connectivity index (χ1n) is 7.32. The van der Waals surface area contributed by atoms with Gasteiger partial charge in [0.1, 0.15) is 5.82 Å². The van der Waals surface area contributed by atoms with Crippen LogP contribution in [0.1, 0.15) is 19.1 Å². The first-order chi connectivity index (χ1) is 11.2. The molecule has 0 bridgehead atoms. The fourth-order valence-corrected chi connectivity index (χ4v) is 2.54. The quantitative estimate of drug-likeness (QED) is 0.874. The minimum absolute atomic E-state index is 0.423. The van der Waals surface area contributed by atoms with Gasteiger partial charge in [0.05, 0.1) is 6.26 Å². The van der Waals surface area contributed by atoms with Gasteiger partial charge in [-0.3, -0.25) is 4.90 Å². The molecule has 3 N–H and O–H groups in total. The maximum absolute atomic E-state index is 12.0. The van der Waals surface area contributed by atoms with Crippen molar-refractivity contribution in [2.45, 2.75) is 19.1 Å². The zero-order chi connectivity index (χ0) is 16.3. The second-order valence-corrected chi connectivity index (χ2v) is 5.05. The van der Waals surface area contributed by atoms with Crippen molar-refractivity contribution in [3.05, 3.63) is 48.7 Å². The molecule has 1 atom stereocenters. The highest BCUT2D eigenvalue weighted by Gasteiger charge is 2.44. The van der Waals surface area contributed by atoms with Gasteiger partial charge in [-0.1, -0.05) is 6.92 Å². The molecule has 1 unspecified atom stereocenters. The average molecular weight is 314 g/mol. The first kappa shape index (κ1) is 14.9. The molecule has 0 spiro atoms. The van der Waals surface area contributed by atoms with E-state index in [1.807, 2.05) is 6.92 Å². The number of furan rings is 1. The summed E-state index contributed by atoms with van der Waals surface area (Å²) < 4.78 is 7.18. The molecule has 2 amide bonds. The lowest BCUT2D eigenvalue weighted by Crippen LogP contribution is -2.59. The third kappa shape index (κ3) is 2.59. The second kappa shape index (κ2) is 5.99. The molecule has 0 fully saturated rings. The lowest BCUT2D eigenvalue weighted by atomic mass is 10.2. The number of carbonyl (C=O) groups is 1. The fourth-order valence-electron chi connectivity index (χ4n) is 2.54. The number of primary amides is 1. The molecule has 23 heavy (non-hydrogen) atoms.